The van der Waals surface area contributed by atoms with Crippen molar-refractivity contribution in [3.05, 3.63) is 144 Å². The Morgan fingerprint density at radius 1 is 0.792 bits per heavy atom. The standard InChI is InChI=1S/C38H37N5O5/c1-45-30-17-13-28(14-18-30)38(27-11-7-4-8-12-27,29-15-19-31(46-2)20-16-29)47-23-33-32(44)21-34(48-33)43-25-42-35-36(40-24-41-37(35)43)39-22-26-9-5-3-6-10-26/h3-20,24-25,32-34,44H,21-23H2,1-2H3,(H,39,40,41)/t32-,33+,34+/m0/s1. The quantitative estimate of drug-likeness (QED) is 0.153. The molecule has 0 aliphatic carbocycles. The molecule has 10 heteroatoms. The lowest BCUT2D eigenvalue weighted by Crippen LogP contribution is -2.38. The Morgan fingerprint density at radius 2 is 1.40 bits per heavy atom. The van der Waals surface area contributed by atoms with Crippen molar-refractivity contribution in [2.24, 2.45) is 0 Å². The number of hydrogen-bond acceptors (Lipinski definition) is 9. The third kappa shape index (κ3) is 6.09. The van der Waals surface area contributed by atoms with Gasteiger partial charge in [0.2, 0.25) is 0 Å². The van der Waals surface area contributed by atoms with E-state index in [0.717, 1.165) is 33.8 Å². The molecule has 1 saturated heterocycles. The summed E-state index contributed by atoms with van der Waals surface area (Å²) in [7, 11) is 3.29. The third-order valence-corrected chi connectivity index (χ3v) is 8.81. The summed E-state index contributed by atoms with van der Waals surface area (Å²) in [6.45, 7) is 0.708. The molecule has 0 spiro atoms. The summed E-state index contributed by atoms with van der Waals surface area (Å²) in [6.07, 6.45) is 1.65. The number of aliphatic hydroxyl groups is 1. The lowest BCUT2D eigenvalue weighted by atomic mass is 9.80. The van der Waals surface area contributed by atoms with Gasteiger partial charge in [-0.3, -0.25) is 4.57 Å². The van der Waals surface area contributed by atoms with Gasteiger partial charge in [-0.25, -0.2) is 15.0 Å². The molecule has 2 N–H and O–H groups in total. The summed E-state index contributed by atoms with van der Waals surface area (Å²) >= 11 is 0. The van der Waals surface area contributed by atoms with Crippen molar-refractivity contribution in [1.29, 1.82) is 0 Å². The number of aromatic nitrogens is 4. The highest BCUT2D eigenvalue weighted by Gasteiger charge is 2.42. The zero-order valence-electron chi connectivity index (χ0n) is 26.8. The summed E-state index contributed by atoms with van der Waals surface area (Å²) in [5, 5.41) is 14.7. The molecule has 3 heterocycles. The topological polar surface area (TPSA) is 113 Å². The zero-order valence-corrected chi connectivity index (χ0v) is 26.8. The Hall–Kier alpha value is -5.29. The van der Waals surface area contributed by atoms with Crippen LogP contribution in [0.3, 0.4) is 0 Å². The average molecular weight is 644 g/mol. The van der Waals surface area contributed by atoms with Gasteiger partial charge in [0.15, 0.2) is 17.0 Å². The average Bonchev–Trinajstić information content (AvgIpc) is 3.75. The number of anilines is 1. The minimum absolute atomic E-state index is 0.107. The minimum Gasteiger partial charge on any atom is -0.497 e. The molecule has 7 rings (SSSR count). The number of nitrogens with zero attached hydrogens (tertiary/aromatic N) is 4. The van der Waals surface area contributed by atoms with Crippen LogP contribution in [-0.2, 0) is 21.6 Å². The lowest BCUT2D eigenvalue weighted by Gasteiger charge is -2.37. The second kappa shape index (κ2) is 13.8. The molecular formula is C38H37N5O5. The first kappa shape index (κ1) is 31.3. The Morgan fingerprint density at radius 3 is 2.02 bits per heavy atom. The van der Waals surface area contributed by atoms with Crippen LogP contribution in [0, 0.1) is 0 Å². The number of fused-ring (bicyclic) bond motifs is 1. The molecule has 0 amide bonds. The van der Waals surface area contributed by atoms with Crippen LogP contribution in [-0.4, -0.2) is 57.7 Å². The molecule has 3 atom stereocenters. The molecule has 0 radical (unpaired) electrons. The van der Waals surface area contributed by atoms with Crippen molar-refractivity contribution >= 4 is 17.0 Å². The van der Waals surface area contributed by atoms with Gasteiger partial charge in [-0.15, -0.1) is 0 Å². The second-order valence-electron chi connectivity index (χ2n) is 11.6. The van der Waals surface area contributed by atoms with E-state index in [9.17, 15) is 5.11 Å². The Balaban J connectivity index is 1.17. The smallest absolute Gasteiger partial charge is 0.167 e. The maximum Gasteiger partial charge on any atom is 0.167 e. The molecule has 48 heavy (non-hydrogen) atoms. The van der Waals surface area contributed by atoms with E-state index in [2.05, 4.69) is 32.4 Å². The van der Waals surface area contributed by atoms with Gasteiger partial charge >= 0.3 is 0 Å². The van der Waals surface area contributed by atoms with Crippen molar-refractivity contribution in [3.63, 3.8) is 0 Å². The predicted molar refractivity (Wildman–Crippen MR) is 182 cm³/mol. The Labute approximate surface area is 278 Å². The minimum atomic E-state index is -1.03. The van der Waals surface area contributed by atoms with Crippen LogP contribution >= 0.6 is 0 Å². The largest absolute Gasteiger partial charge is 0.497 e. The molecule has 4 aromatic carbocycles. The van der Waals surface area contributed by atoms with Crippen molar-refractivity contribution in [3.8, 4) is 11.5 Å². The summed E-state index contributed by atoms with van der Waals surface area (Å²) < 4.78 is 26.3. The normalized spacial score (nSPS) is 17.8. The van der Waals surface area contributed by atoms with E-state index in [0.29, 0.717) is 29.9 Å². The summed E-state index contributed by atoms with van der Waals surface area (Å²) in [4.78, 5) is 13.6. The fourth-order valence-electron chi connectivity index (χ4n) is 6.29. The first-order valence-corrected chi connectivity index (χ1v) is 15.9. The monoisotopic (exact) mass is 643 g/mol. The van der Waals surface area contributed by atoms with E-state index in [1.54, 1.807) is 20.5 Å². The lowest BCUT2D eigenvalue weighted by molar-refractivity contribution is -0.0931. The van der Waals surface area contributed by atoms with Crippen LogP contribution in [0.25, 0.3) is 11.2 Å². The number of benzene rings is 4. The fraction of sp³-hybridized carbons (Fsp3) is 0.237. The summed E-state index contributed by atoms with van der Waals surface area (Å²) in [5.74, 6) is 2.11. The predicted octanol–water partition coefficient (Wildman–Crippen LogP) is 6.11. The van der Waals surface area contributed by atoms with E-state index in [-0.39, 0.29) is 6.61 Å². The molecule has 2 aromatic heterocycles. The van der Waals surface area contributed by atoms with Gasteiger partial charge in [0.05, 0.1) is 33.3 Å². The van der Waals surface area contributed by atoms with Crippen LogP contribution in [0.2, 0.25) is 0 Å². The van der Waals surface area contributed by atoms with Gasteiger partial charge in [-0.2, -0.15) is 0 Å². The number of aliphatic hydroxyl groups excluding tert-OH is 1. The maximum atomic E-state index is 11.3. The van der Waals surface area contributed by atoms with Crippen molar-refractivity contribution in [2.45, 2.75) is 37.0 Å². The van der Waals surface area contributed by atoms with Crippen LogP contribution in [0.1, 0.15) is 34.9 Å². The van der Waals surface area contributed by atoms with Crippen molar-refractivity contribution in [2.75, 3.05) is 26.1 Å². The molecule has 10 nitrogen and oxygen atoms in total. The number of methoxy groups -OCH3 is 2. The number of rotatable bonds is 12. The number of imidazole rings is 1. The number of nitrogens with one attached hydrogen (secondary N) is 1. The molecule has 244 valence electrons. The number of hydrogen-bond donors (Lipinski definition) is 2. The van der Waals surface area contributed by atoms with Gasteiger partial charge in [-0.1, -0.05) is 84.9 Å². The Bertz CT molecular complexity index is 1890. The van der Waals surface area contributed by atoms with Crippen LogP contribution < -0.4 is 14.8 Å². The third-order valence-electron chi connectivity index (χ3n) is 8.81. The van der Waals surface area contributed by atoms with Crippen molar-refractivity contribution < 1.29 is 24.1 Å². The summed E-state index contributed by atoms with van der Waals surface area (Å²) in [6, 6.07) is 35.9. The molecule has 1 aliphatic heterocycles. The van der Waals surface area contributed by atoms with E-state index in [1.165, 1.54) is 6.33 Å². The van der Waals surface area contributed by atoms with Gasteiger partial charge in [0, 0.05) is 13.0 Å². The molecule has 0 bridgehead atoms. The molecular weight excluding hydrogens is 606 g/mol. The maximum absolute atomic E-state index is 11.3. The highest BCUT2D eigenvalue weighted by Crippen LogP contribution is 2.43. The SMILES string of the molecule is COc1ccc(C(OC[C@H]2O[C@@H](n3cnc4c(NCc5ccccc5)ncnc43)C[C@@H]2O)(c2ccccc2)c2ccc(OC)cc2)cc1. The Kier molecular flexibility index (Phi) is 9.02. The molecule has 6 aromatic rings. The first-order chi connectivity index (χ1) is 23.6. The van der Waals surface area contributed by atoms with Gasteiger partial charge < -0.3 is 29.4 Å². The first-order valence-electron chi connectivity index (χ1n) is 15.9. The van der Waals surface area contributed by atoms with Gasteiger partial charge in [0.1, 0.15) is 35.8 Å². The van der Waals surface area contributed by atoms with Gasteiger partial charge in [0.25, 0.3) is 0 Å². The molecule has 1 fully saturated rings. The van der Waals surface area contributed by atoms with Crippen LogP contribution in [0.4, 0.5) is 5.82 Å². The van der Waals surface area contributed by atoms with Crippen LogP contribution in [0.15, 0.2) is 122 Å². The molecule has 1 aliphatic rings. The van der Waals surface area contributed by atoms with E-state index >= 15 is 0 Å². The second-order valence-corrected chi connectivity index (χ2v) is 11.6. The van der Waals surface area contributed by atoms with E-state index in [4.69, 9.17) is 18.9 Å². The van der Waals surface area contributed by atoms with Crippen molar-refractivity contribution in [1.82, 2.24) is 19.5 Å². The van der Waals surface area contributed by atoms with Crippen LogP contribution in [0.5, 0.6) is 11.5 Å². The fourth-order valence-corrected chi connectivity index (χ4v) is 6.29. The van der Waals surface area contributed by atoms with E-state index in [1.807, 2.05) is 102 Å². The molecule has 0 saturated carbocycles. The summed E-state index contributed by atoms with van der Waals surface area (Å²) in [5.41, 5.74) is 4.08. The van der Waals surface area contributed by atoms with Gasteiger partial charge in [-0.05, 0) is 46.5 Å². The highest BCUT2D eigenvalue weighted by molar-refractivity contribution is 5.82. The van der Waals surface area contributed by atoms with E-state index < -0.39 is 24.0 Å². The highest BCUT2D eigenvalue weighted by atomic mass is 16.6. The number of ether oxygens (including phenoxy) is 4. The zero-order chi connectivity index (χ0) is 32.9. The molecule has 0 unspecified atom stereocenters.